The maximum absolute atomic E-state index is 12.5. The minimum Gasteiger partial charge on any atom is -0.325 e. The van der Waals surface area contributed by atoms with Crippen molar-refractivity contribution < 1.29 is 4.79 Å². The number of benzene rings is 1. The highest BCUT2D eigenvalue weighted by Crippen LogP contribution is 2.32. The van der Waals surface area contributed by atoms with Crippen LogP contribution >= 0.6 is 23.1 Å². The molecule has 0 saturated heterocycles. The van der Waals surface area contributed by atoms with Crippen molar-refractivity contribution >= 4 is 34.7 Å². The monoisotopic (exact) mass is 428 g/mol. The molecule has 7 heteroatoms. The molecule has 0 aliphatic heterocycles. The zero-order valence-corrected chi connectivity index (χ0v) is 19.4. The Bertz CT molecular complexity index is 984. The smallest absolute Gasteiger partial charge is 0.234 e. The molecule has 0 saturated carbocycles. The van der Waals surface area contributed by atoms with Gasteiger partial charge in [-0.1, -0.05) is 31.7 Å². The van der Waals surface area contributed by atoms with E-state index in [2.05, 4.69) is 65.3 Å². The normalized spacial score (nSPS) is 11.4. The van der Waals surface area contributed by atoms with Gasteiger partial charge in [-0.15, -0.1) is 21.5 Å². The maximum Gasteiger partial charge on any atom is 0.234 e. The standard InChI is InChI=1S/C22H28N4OS2/c1-13(2)19-10-17(11-28-19)21-24-25-22(26(21)14(3)4)29-12-20(27)23-18-8-15(5)7-16(6)9-18/h7-11,13-14H,12H2,1-6H3,(H,23,27). The number of aryl methyl sites for hydroxylation is 2. The molecular weight excluding hydrogens is 400 g/mol. The van der Waals surface area contributed by atoms with E-state index in [9.17, 15) is 4.79 Å². The van der Waals surface area contributed by atoms with Gasteiger partial charge in [0, 0.05) is 27.5 Å². The van der Waals surface area contributed by atoms with Gasteiger partial charge >= 0.3 is 0 Å². The molecule has 0 radical (unpaired) electrons. The third kappa shape index (κ3) is 5.28. The van der Waals surface area contributed by atoms with Crippen LogP contribution in [0, 0.1) is 13.8 Å². The summed E-state index contributed by atoms with van der Waals surface area (Å²) in [5, 5.41) is 14.7. The van der Waals surface area contributed by atoms with Gasteiger partial charge in [0.15, 0.2) is 11.0 Å². The number of anilines is 1. The SMILES string of the molecule is Cc1cc(C)cc(NC(=O)CSc2nnc(-c3csc(C(C)C)c3)n2C(C)C)c1. The summed E-state index contributed by atoms with van der Waals surface area (Å²) in [6, 6.07) is 8.44. The van der Waals surface area contributed by atoms with E-state index in [0.717, 1.165) is 33.4 Å². The number of amides is 1. The fourth-order valence-electron chi connectivity index (χ4n) is 3.18. The Morgan fingerprint density at radius 2 is 1.79 bits per heavy atom. The minimum atomic E-state index is -0.0440. The minimum absolute atomic E-state index is 0.0440. The topological polar surface area (TPSA) is 59.8 Å². The van der Waals surface area contributed by atoms with Crippen LogP contribution in [0.2, 0.25) is 0 Å². The molecule has 0 bridgehead atoms. The fraction of sp³-hybridized carbons (Fsp3) is 0.409. The Morgan fingerprint density at radius 3 is 2.38 bits per heavy atom. The predicted octanol–water partition coefficient (Wildman–Crippen LogP) is 6.06. The number of nitrogens with zero attached hydrogens (tertiary/aromatic N) is 3. The molecule has 2 heterocycles. The number of thioether (sulfide) groups is 1. The number of hydrogen-bond acceptors (Lipinski definition) is 5. The Hall–Kier alpha value is -2.12. The fourth-order valence-corrected chi connectivity index (χ4v) is 4.96. The molecule has 1 amide bonds. The van der Waals surface area contributed by atoms with E-state index < -0.39 is 0 Å². The molecule has 3 rings (SSSR count). The molecule has 154 valence electrons. The Morgan fingerprint density at radius 1 is 1.10 bits per heavy atom. The highest BCUT2D eigenvalue weighted by Gasteiger charge is 2.19. The molecule has 0 aliphatic rings. The number of carbonyl (C=O) groups is 1. The first-order valence-electron chi connectivity index (χ1n) is 9.79. The highest BCUT2D eigenvalue weighted by molar-refractivity contribution is 7.99. The van der Waals surface area contributed by atoms with E-state index in [-0.39, 0.29) is 11.9 Å². The summed E-state index contributed by atoms with van der Waals surface area (Å²) in [5.74, 6) is 1.60. The number of nitrogens with one attached hydrogen (secondary N) is 1. The Kier molecular flexibility index (Phi) is 6.80. The van der Waals surface area contributed by atoms with Gasteiger partial charge in [0.1, 0.15) is 0 Å². The van der Waals surface area contributed by atoms with Crippen molar-refractivity contribution in [2.24, 2.45) is 0 Å². The van der Waals surface area contributed by atoms with Crippen molar-refractivity contribution in [3.63, 3.8) is 0 Å². The molecule has 0 atom stereocenters. The largest absolute Gasteiger partial charge is 0.325 e. The first-order valence-corrected chi connectivity index (χ1v) is 11.7. The predicted molar refractivity (Wildman–Crippen MR) is 123 cm³/mol. The van der Waals surface area contributed by atoms with Crippen LogP contribution in [0.15, 0.2) is 34.8 Å². The second kappa shape index (κ2) is 9.13. The lowest BCUT2D eigenvalue weighted by Gasteiger charge is -2.13. The second-order valence-corrected chi connectivity index (χ2v) is 9.76. The average molecular weight is 429 g/mol. The number of carbonyl (C=O) groups excluding carboxylic acids is 1. The molecule has 0 aliphatic carbocycles. The van der Waals surface area contributed by atoms with Crippen molar-refractivity contribution in [1.29, 1.82) is 0 Å². The molecule has 0 unspecified atom stereocenters. The van der Waals surface area contributed by atoms with Crippen LogP contribution in [0.4, 0.5) is 5.69 Å². The van der Waals surface area contributed by atoms with Gasteiger partial charge < -0.3 is 5.32 Å². The summed E-state index contributed by atoms with van der Waals surface area (Å²) in [6.45, 7) is 12.7. The van der Waals surface area contributed by atoms with Gasteiger partial charge in [0.2, 0.25) is 5.91 Å². The number of hydrogen-bond donors (Lipinski definition) is 1. The zero-order chi connectivity index (χ0) is 21.1. The Balaban J connectivity index is 1.73. The zero-order valence-electron chi connectivity index (χ0n) is 17.8. The summed E-state index contributed by atoms with van der Waals surface area (Å²) in [7, 11) is 0. The van der Waals surface area contributed by atoms with Crippen LogP contribution in [0.5, 0.6) is 0 Å². The van der Waals surface area contributed by atoms with Crippen LogP contribution in [0.25, 0.3) is 11.4 Å². The van der Waals surface area contributed by atoms with E-state index in [0.29, 0.717) is 11.7 Å². The third-order valence-corrected chi connectivity index (χ3v) is 6.64. The molecule has 2 aromatic heterocycles. The second-order valence-electron chi connectivity index (χ2n) is 7.88. The molecule has 1 N–H and O–H groups in total. The van der Waals surface area contributed by atoms with Crippen molar-refractivity contribution in [1.82, 2.24) is 14.8 Å². The Labute approximate surface area is 180 Å². The van der Waals surface area contributed by atoms with Crippen LogP contribution in [0.1, 0.15) is 55.7 Å². The maximum atomic E-state index is 12.5. The number of aromatic nitrogens is 3. The van der Waals surface area contributed by atoms with Crippen LogP contribution in [-0.2, 0) is 4.79 Å². The van der Waals surface area contributed by atoms with E-state index in [4.69, 9.17) is 0 Å². The van der Waals surface area contributed by atoms with Crippen molar-refractivity contribution in [2.45, 2.75) is 58.7 Å². The summed E-state index contributed by atoms with van der Waals surface area (Å²) in [5.41, 5.74) is 4.19. The van der Waals surface area contributed by atoms with E-state index in [1.165, 1.54) is 16.6 Å². The summed E-state index contributed by atoms with van der Waals surface area (Å²) < 4.78 is 2.11. The summed E-state index contributed by atoms with van der Waals surface area (Å²) >= 11 is 3.17. The average Bonchev–Trinajstić information content (AvgIpc) is 3.26. The highest BCUT2D eigenvalue weighted by atomic mass is 32.2. The first kappa shape index (κ1) is 21.6. The molecule has 3 aromatic rings. The van der Waals surface area contributed by atoms with Crippen LogP contribution in [0.3, 0.4) is 0 Å². The lowest BCUT2D eigenvalue weighted by molar-refractivity contribution is -0.113. The lowest BCUT2D eigenvalue weighted by atomic mass is 10.1. The van der Waals surface area contributed by atoms with Gasteiger partial charge in [-0.05, 0) is 62.9 Å². The summed E-state index contributed by atoms with van der Waals surface area (Å²) in [6.07, 6.45) is 0. The lowest BCUT2D eigenvalue weighted by Crippen LogP contribution is -2.15. The van der Waals surface area contributed by atoms with Crippen LogP contribution in [-0.4, -0.2) is 26.4 Å². The molecule has 0 fully saturated rings. The molecular formula is C22H28N4OS2. The first-order chi connectivity index (χ1) is 13.7. The number of rotatable bonds is 7. The van der Waals surface area contributed by atoms with Crippen molar-refractivity contribution in [3.8, 4) is 11.4 Å². The van der Waals surface area contributed by atoms with Gasteiger partial charge in [0.25, 0.3) is 0 Å². The van der Waals surface area contributed by atoms with Gasteiger partial charge in [-0.3, -0.25) is 9.36 Å². The van der Waals surface area contributed by atoms with Gasteiger partial charge in [0.05, 0.1) is 5.75 Å². The quantitative estimate of drug-likeness (QED) is 0.465. The number of thiophene rings is 1. The summed E-state index contributed by atoms with van der Waals surface area (Å²) in [4.78, 5) is 13.8. The van der Waals surface area contributed by atoms with Gasteiger partial charge in [-0.2, -0.15) is 0 Å². The molecule has 29 heavy (non-hydrogen) atoms. The molecule has 1 aromatic carbocycles. The van der Waals surface area contributed by atoms with Gasteiger partial charge in [-0.25, -0.2) is 0 Å². The molecule has 0 spiro atoms. The third-order valence-electron chi connectivity index (χ3n) is 4.47. The van der Waals surface area contributed by atoms with E-state index in [1.54, 1.807) is 11.3 Å². The molecule has 5 nitrogen and oxygen atoms in total. The van der Waals surface area contributed by atoms with E-state index in [1.807, 2.05) is 26.0 Å². The van der Waals surface area contributed by atoms with Crippen molar-refractivity contribution in [2.75, 3.05) is 11.1 Å². The van der Waals surface area contributed by atoms with E-state index >= 15 is 0 Å². The van der Waals surface area contributed by atoms with Crippen molar-refractivity contribution in [3.05, 3.63) is 45.6 Å². The van der Waals surface area contributed by atoms with Crippen LogP contribution < -0.4 is 5.32 Å².